The molecule has 0 unspecified atom stereocenters. The number of hydrogen-bond donors (Lipinski definition) is 1. The van der Waals surface area contributed by atoms with Crippen LogP contribution in [0.3, 0.4) is 0 Å². The van der Waals surface area contributed by atoms with Crippen LogP contribution in [0.1, 0.15) is 25.3 Å². The van der Waals surface area contributed by atoms with Crippen molar-refractivity contribution in [2.45, 2.75) is 26.3 Å². The van der Waals surface area contributed by atoms with E-state index in [4.69, 9.17) is 0 Å². The molecule has 0 fully saturated rings. The normalized spacial score (nSPS) is 10.8. The topological polar surface area (TPSA) is 116 Å². The average molecular weight is 366 g/mol. The van der Waals surface area contributed by atoms with Crippen LogP contribution in [0.25, 0.3) is 11.4 Å². The maximum atomic E-state index is 12.1. The van der Waals surface area contributed by atoms with E-state index in [0.29, 0.717) is 17.4 Å². The van der Waals surface area contributed by atoms with Crippen LogP contribution in [0.4, 0.5) is 11.4 Å². The number of tetrazole rings is 1. The molecule has 0 aliphatic carbocycles. The molecule has 0 aliphatic heterocycles. The van der Waals surface area contributed by atoms with Gasteiger partial charge in [0.1, 0.15) is 6.54 Å². The molecule has 9 heteroatoms. The Morgan fingerprint density at radius 1 is 1.22 bits per heavy atom. The van der Waals surface area contributed by atoms with Gasteiger partial charge in [-0.2, -0.15) is 4.80 Å². The van der Waals surface area contributed by atoms with Crippen LogP contribution in [0.5, 0.6) is 0 Å². The van der Waals surface area contributed by atoms with E-state index in [-0.39, 0.29) is 12.2 Å². The number of benzene rings is 2. The van der Waals surface area contributed by atoms with E-state index < -0.39 is 10.8 Å². The van der Waals surface area contributed by atoms with E-state index in [9.17, 15) is 14.9 Å². The van der Waals surface area contributed by atoms with Crippen LogP contribution in [-0.4, -0.2) is 31.0 Å². The van der Waals surface area contributed by atoms with Crippen molar-refractivity contribution < 1.29 is 9.72 Å². The van der Waals surface area contributed by atoms with Crippen molar-refractivity contribution in [3.05, 3.63) is 64.2 Å². The van der Waals surface area contributed by atoms with Crippen LogP contribution in [0, 0.1) is 10.1 Å². The maximum absolute atomic E-state index is 12.1. The smallest absolute Gasteiger partial charge is 0.271 e. The van der Waals surface area contributed by atoms with Gasteiger partial charge in [0, 0.05) is 23.4 Å². The second kappa shape index (κ2) is 7.73. The van der Waals surface area contributed by atoms with Crippen LogP contribution >= 0.6 is 0 Å². The lowest BCUT2D eigenvalue weighted by atomic mass is 10.0. The summed E-state index contributed by atoms with van der Waals surface area (Å²) in [6, 6.07) is 13.6. The summed E-state index contributed by atoms with van der Waals surface area (Å²) in [6.07, 6.45) is 0. The number of nitro groups is 1. The maximum Gasteiger partial charge on any atom is 0.271 e. The Kier molecular flexibility index (Phi) is 5.20. The van der Waals surface area contributed by atoms with Gasteiger partial charge in [0.2, 0.25) is 11.7 Å². The molecule has 0 bridgehead atoms. The van der Waals surface area contributed by atoms with Crippen molar-refractivity contribution in [3.63, 3.8) is 0 Å². The largest absolute Gasteiger partial charge is 0.324 e. The molecule has 27 heavy (non-hydrogen) atoms. The van der Waals surface area contributed by atoms with Gasteiger partial charge >= 0.3 is 0 Å². The van der Waals surface area contributed by atoms with Gasteiger partial charge in [0.25, 0.3) is 5.69 Å². The molecule has 0 atom stereocenters. The molecule has 9 nitrogen and oxygen atoms in total. The summed E-state index contributed by atoms with van der Waals surface area (Å²) in [4.78, 5) is 23.6. The lowest BCUT2D eigenvalue weighted by Crippen LogP contribution is -2.20. The van der Waals surface area contributed by atoms with Gasteiger partial charge in [0.15, 0.2) is 0 Å². The highest BCUT2D eigenvalue weighted by molar-refractivity contribution is 5.90. The number of nitro benzene ring substituents is 1. The van der Waals surface area contributed by atoms with Gasteiger partial charge in [-0.05, 0) is 22.8 Å². The SMILES string of the molecule is CC(C)c1ccc(-c2nnn(CC(=O)Nc3cccc([N+](=O)[O-])c3)n2)cc1. The van der Waals surface area contributed by atoms with Crippen molar-refractivity contribution in [3.8, 4) is 11.4 Å². The fourth-order valence-electron chi connectivity index (χ4n) is 2.47. The Labute approximate surface area is 155 Å². The molecule has 2 aromatic carbocycles. The second-order valence-electron chi connectivity index (χ2n) is 6.28. The van der Waals surface area contributed by atoms with Gasteiger partial charge < -0.3 is 5.32 Å². The second-order valence-corrected chi connectivity index (χ2v) is 6.28. The minimum atomic E-state index is -0.522. The molecule has 1 N–H and O–H groups in total. The number of amides is 1. The zero-order valence-electron chi connectivity index (χ0n) is 14.9. The predicted molar refractivity (Wildman–Crippen MR) is 99.1 cm³/mol. The summed E-state index contributed by atoms with van der Waals surface area (Å²) in [5.41, 5.74) is 2.25. The van der Waals surface area contributed by atoms with E-state index in [1.54, 1.807) is 6.07 Å². The van der Waals surface area contributed by atoms with E-state index in [2.05, 4.69) is 34.6 Å². The van der Waals surface area contributed by atoms with Crippen molar-refractivity contribution in [2.24, 2.45) is 0 Å². The predicted octanol–water partition coefficient (Wildman–Crippen LogP) is 3.01. The third-order valence-electron chi connectivity index (χ3n) is 3.91. The van der Waals surface area contributed by atoms with Gasteiger partial charge in [-0.3, -0.25) is 14.9 Å². The molecule has 1 heterocycles. The number of hydrogen-bond acceptors (Lipinski definition) is 6. The fraction of sp³-hybridized carbons (Fsp3) is 0.222. The molecule has 3 rings (SSSR count). The van der Waals surface area contributed by atoms with Crippen LogP contribution < -0.4 is 5.32 Å². The number of nitrogens with zero attached hydrogens (tertiary/aromatic N) is 5. The van der Waals surface area contributed by atoms with Crippen LogP contribution in [0.15, 0.2) is 48.5 Å². The summed E-state index contributed by atoms with van der Waals surface area (Å²) in [5, 5.41) is 25.4. The van der Waals surface area contributed by atoms with Gasteiger partial charge in [-0.25, -0.2) is 0 Å². The highest BCUT2D eigenvalue weighted by Gasteiger charge is 2.12. The average Bonchev–Trinajstić information content (AvgIpc) is 3.10. The van der Waals surface area contributed by atoms with Gasteiger partial charge in [0.05, 0.1) is 4.92 Å². The van der Waals surface area contributed by atoms with E-state index in [1.165, 1.54) is 28.6 Å². The fourth-order valence-corrected chi connectivity index (χ4v) is 2.47. The van der Waals surface area contributed by atoms with Gasteiger partial charge in [-0.1, -0.05) is 44.2 Å². The number of carbonyl (C=O) groups is 1. The summed E-state index contributed by atoms with van der Waals surface area (Å²) in [6.45, 7) is 4.08. The Morgan fingerprint density at radius 2 is 1.96 bits per heavy atom. The third kappa shape index (κ3) is 4.51. The molecule has 1 aromatic heterocycles. The summed E-state index contributed by atoms with van der Waals surface area (Å²) < 4.78 is 0. The summed E-state index contributed by atoms with van der Waals surface area (Å²) in [5.74, 6) is 0.447. The van der Waals surface area contributed by atoms with Crippen molar-refractivity contribution in [1.82, 2.24) is 20.2 Å². The molecule has 0 spiro atoms. The zero-order valence-corrected chi connectivity index (χ0v) is 14.9. The van der Waals surface area contributed by atoms with Crippen molar-refractivity contribution in [2.75, 3.05) is 5.32 Å². The van der Waals surface area contributed by atoms with E-state index >= 15 is 0 Å². The summed E-state index contributed by atoms with van der Waals surface area (Å²) in [7, 11) is 0. The molecule has 0 aliphatic rings. The number of nitrogens with one attached hydrogen (secondary N) is 1. The van der Waals surface area contributed by atoms with E-state index in [1.807, 2.05) is 24.3 Å². The first-order chi connectivity index (χ1) is 12.9. The molecule has 0 radical (unpaired) electrons. The van der Waals surface area contributed by atoms with Crippen molar-refractivity contribution in [1.29, 1.82) is 0 Å². The molecular weight excluding hydrogens is 348 g/mol. The Morgan fingerprint density at radius 3 is 2.63 bits per heavy atom. The van der Waals surface area contributed by atoms with Crippen molar-refractivity contribution >= 4 is 17.3 Å². The third-order valence-corrected chi connectivity index (χ3v) is 3.91. The highest BCUT2D eigenvalue weighted by atomic mass is 16.6. The number of carbonyl (C=O) groups excluding carboxylic acids is 1. The standard InChI is InChI=1S/C18H18N6O3/c1-12(2)13-6-8-14(9-7-13)18-20-22-23(21-18)11-17(25)19-15-4-3-5-16(10-15)24(26)27/h3-10,12H,11H2,1-2H3,(H,19,25). The zero-order chi connectivity index (χ0) is 19.4. The Bertz CT molecular complexity index is 965. The number of aromatic nitrogens is 4. The first kappa shape index (κ1) is 18.2. The minimum absolute atomic E-state index is 0.0983. The number of rotatable bonds is 6. The van der Waals surface area contributed by atoms with E-state index in [0.717, 1.165) is 5.56 Å². The monoisotopic (exact) mass is 366 g/mol. The molecule has 138 valence electrons. The van der Waals surface area contributed by atoms with Crippen LogP contribution in [0.2, 0.25) is 0 Å². The first-order valence-electron chi connectivity index (χ1n) is 8.35. The number of anilines is 1. The minimum Gasteiger partial charge on any atom is -0.324 e. The highest BCUT2D eigenvalue weighted by Crippen LogP contribution is 2.19. The summed E-state index contributed by atoms with van der Waals surface area (Å²) >= 11 is 0. The first-order valence-corrected chi connectivity index (χ1v) is 8.35. The van der Waals surface area contributed by atoms with Gasteiger partial charge in [-0.15, -0.1) is 10.2 Å². The molecule has 1 amide bonds. The lowest BCUT2D eigenvalue weighted by molar-refractivity contribution is -0.384. The number of non-ortho nitro benzene ring substituents is 1. The Hall–Kier alpha value is -3.62. The quantitative estimate of drug-likeness (QED) is 0.529. The van der Waals surface area contributed by atoms with Crippen LogP contribution in [-0.2, 0) is 11.3 Å². The molecule has 0 saturated carbocycles. The molecule has 3 aromatic rings. The lowest BCUT2D eigenvalue weighted by Gasteiger charge is -2.05. The molecule has 0 saturated heterocycles. The molecular formula is C18H18N6O3. The Balaban J connectivity index is 1.65.